The van der Waals surface area contributed by atoms with Crippen molar-refractivity contribution in [2.75, 3.05) is 11.9 Å². The van der Waals surface area contributed by atoms with Crippen LogP contribution in [0.15, 0.2) is 30.3 Å². The van der Waals surface area contributed by atoms with E-state index in [1.165, 1.54) is 38.5 Å². The van der Waals surface area contributed by atoms with Gasteiger partial charge in [0.1, 0.15) is 0 Å². The maximum Gasteiger partial charge on any atom is 0.306 e. The van der Waals surface area contributed by atoms with Gasteiger partial charge >= 0.3 is 5.97 Å². The zero-order valence-electron chi connectivity index (χ0n) is 14.0. The van der Waals surface area contributed by atoms with Crippen molar-refractivity contribution in [2.45, 2.75) is 44.9 Å². The molecule has 1 aromatic carbocycles. The Kier molecular flexibility index (Phi) is 4.07. The minimum atomic E-state index is -0.278. The Bertz CT molecular complexity index is 590. The monoisotopic (exact) mass is 327 g/mol. The molecule has 1 aromatic rings. The topological polar surface area (TPSA) is 55.4 Å². The van der Waals surface area contributed by atoms with Crippen LogP contribution in [0.3, 0.4) is 0 Å². The van der Waals surface area contributed by atoms with E-state index < -0.39 is 0 Å². The molecule has 4 aliphatic carbocycles. The summed E-state index contributed by atoms with van der Waals surface area (Å²) in [7, 11) is 0. The van der Waals surface area contributed by atoms with E-state index in [0.717, 1.165) is 23.4 Å². The van der Waals surface area contributed by atoms with Gasteiger partial charge in [0.2, 0.25) is 0 Å². The Morgan fingerprint density at radius 3 is 2.17 bits per heavy atom. The van der Waals surface area contributed by atoms with Gasteiger partial charge in [0.05, 0.1) is 6.42 Å². The van der Waals surface area contributed by atoms with E-state index in [9.17, 15) is 9.59 Å². The first-order chi connectivity index (χ1) is 11.6. The highest BCUT2D eigenvalue weighted by Crippen LogP contribution is 2.61. The Morgan fingerprint density at radius 1 is 1.00 bits per heavy atom. The van der Waals surface area contributed by atoms with Crippen LogP contribution >= 0.6 is 0 Å². The molecule has 4 bridgehead atoms. The molecule has 4 saturated carbocycles. The number of nitrogens with one attached hydrogen (secondary N) is 1. The van der Waals surface area contributed by atoms with Gasteiger partial charge in [-0.1, -0.05) is 18.2 Å². The first kappa shape index (κ1) is 15.7. The Hall–Kier alpha value is -1.84. The van der Waals surface area contributed by atoms with Crippen molar-refractivity contribution in [1.29, 1.82) is 0 Å². The molecule has 0 aliphatic heterocycles. The highest BCUT2D eigenvalue weighted by molar-refractivity contribution is 5.92. The molecule has 0 radical (unpaired) electrons. The lowest BCUT2D eigenvalue weighted by Gasteiger charge is -2.56. The molecule has 4 fully saturated rings. The van der Waals surface area contributed by atoms with Crippen LogP contribution in [0, 0.1) is 23.2 Å². The number of amides is 1. The second-order valence-electron chi connectivity index (χ2n) is 8.17. The number of hydrogen-bond acceptors (Lipinski definition) is 3. The van der Waals surface area contributed by atoms with E-state index >= 15 is 0 Å². The number of carbonyl (C=O) groups excluding carboxylic acids is 2. The van der Waals surface area contributed by atoms with E-state index in [1.54, 1.807) is 0 Å². The molecule has 1 N–H and O–H groups in total. The van der Waals surface area contributed by atoms with Crippen molar-refractivity contribution in [1.82, 2.24) is 0 Å². The lowest BCUT2D eigenvalue weighted by Crippen LogP contribution is -2.47. The van der Waals surface area contributed by atoms with Gasteiger partial charge in [-0.25, -0.2) is 0 Å². The molecular formula is C20H25NO3. The predicted molar refractivity (Wildman–Crippen MR) is 91.3 cm³/mol. The zero-order valence-corrected chi connectivity index (χ0v) is 14.0. The highest BCUT2D eigenvalue weighted by atomic mass is 16.5. The fraction of sp³-hybridized carbons (Fsp3) is 0.600. The van der Waals surface area contributed by atoms with E-state index in [-0.39, 0.29) is 23.9 Å². The summed E-state index contributed by atoms with van der Waals surface area (Å²) in [5.74, 6) is 1.99. The third kappa shape index (κ3) is 3.33. The molecule has 24 heavy (non-hydrogen) atoms. The molecule has 5 rings (SSSR count). The summed E-state index contributed by atoms with van der Waals surface area (Å²) in [5, 5.41) is 2.74. The summed E-state index contributed by atoms with van der Waals surface area (Å²) < 4.78 is 5.26. The molecular weight excluding hydrogens is 302 g/mol. The number of para-hydroxylation sites is 1. The van der Waals surface area contributed by atoms with Crippen molar-refractivity contribution >= 4 is 17.6 Å². The third-order valence-corrected chi connectivity index (χ3v) is 6.11. The Balaban J connectivity index is 1.27. The summed E-state index contributed by atoms with van der Waals surface area (Å²) in [5.41, 5.74) is 0.890. The minimum Gasteiger partial charge on any atom is -0.456 e. The molecule has 0 aromatic heterocycles. The number of esters is 1. The van der Waals surface area contributed by atoms with Crippen LogP contribution in [-0.4, -0.2) is 18.5 Å². The quantitative estimate of drug-likeness (QED) is 0.838. The predicted octanol–water partition coefficient (Wildman–Crippen LogP) is 3.77. The lowest BCUT2D eigenvalue weighted by molar-refractivity contribution is -0.154. The van der Waals surface area contributed by atoms with Gasteiger partial charge in [0.15, 0.2) is 6.61 Å². The maximum atomic E-state index is 12.3. The summed E-state index contributed by atoms with van der Waals surface area (Å²) in [6.45, 7) is -0.194. The summed E-state index contributed by atoms with van der Waals surface area (Å²) in [6, 6.07) is 9.23. The van der Waals surface area contributed by atoms with Crippen LogP contribution in [0.25, 0.3) is 0 Å². The minimum absolute atomic E-state index is 0.168. The smallest absolute Gasteiger partial charge is 0.306 e. The van der Waals surface area contributed by atoms with Gasteiger partial charge in [-0.3, -0.25) is 9.59 Å². The molecule has 0 saturated heterocycles. The van der Waals surface area contributed by atoms with Gasteiger partial charge in [-0.05, 0) is 73.8 Å². The van der Waals surface area contributed by atoms with Crippen molar-refractivity contribution < 1.29 is 14.3 Å². The average Bonchev–Trinajstić information content (AvgIpc) is 2.52. The SMILES string of the molecule is O=C(COC(=O)CC12CC3CC(CC(C3)C1)C2)Nc1ccccc1. The summed E-state index contributed by atoms with van der Waals surface area (Å²) in [6.07, 6.45) is 8.16. The van der Waals surface area contributed by atoms with Gasteiger partial charge in [0.25, 0.3) is 5.91 Å². The van der Waals surface area contributed by atoms with Crippen LogP contribution in [-0.2, 0) is 14.3 Å². The molecule has 4 aliphatic rings. The maximum absolute atomic E-state index is 12.3. The van der Waals surface area contributed by atoms with Crippen LogP contribution in [0.4, 0.5) is 5.69 Å². The molecule has 4 heteroatoms. The van der Waals surface area contributed by atoms with E-state index in [1.807, 2.05) is 30.3 Å². The van der Waals surface area contributed by atoms with Crippen LogP contribution in [0.1, 0.15) is 44.9 Å². The molecule has 0 heterocycles. The fourth-order valence-corrected chi connectivity index (χ4v) is 5.73. The zero-order chi connectivity index (χ0) is 16.6. The van der Waals surface area contributed by atoms with Crippen LogP contribution in [0.2, 0.25) is 0 Å². The van der Waals surface area contributed by atoms with E-state index in [4.69, 9.17) is 4.74 Å². The fourth-order valence-electron chi connectivity index (χ4n) is 5.73. The second kappa shape index (κ2) is 6.23. The molecule has 0 atom stereocenters. The van der Waals surface area contributed by atoms with Crippen LogP contribution < -0.4 is 5.32 Å². The number of carbonyl (C=O) groups is 2. The van der Waals surface area contributed by atoms with E-state index in [2.05, 4.69) is 5.32 Å². The standard InChI is InChI=1S/C20H25NO3/c22-18(21-17-4-2-1-3-5-17)13-24-19(23)12-20-9-14-6-15(10-20)8-16(7-14)11-20/h1-5,14-16H,6-13H2,(H,21,22). The summed E-state index contributed by atoms with van der Waals surface area (Å²) in [4.78, 5) is 24.2. The first-order valence-corrected chi connectivity index (χ1v) is 9.11. The number of rotatable bonds is 5. The second-order valence-corrected chi connectivity index (χ2v) is 8.17. The van der Waals surface area contributed by atoms with Gasteiger partial charge in [0, 0.05) is 5.69 Å². The van der Waals surface area contributed by atoms with Gasteiger partial charge in [-0.2, -0.15) is 0 Å². The Labute approximate surface area is 143 Å². The van der Waals surface area contributed by atoms with Gasteiger partial charge in [-0.15, -0.1) is 0 Å². The highest BCUT2D eigenvalue weighted by Gasteiger charge is 2.51. The molecule has 0 spiro atoms. The van der Waals surface area contributed by atoms with Crippen LogP contribution in [0.5, 0.6) is 0 Å². The Morgan fingerprint density at radius 2 is 1.58 bits per heavy atom. The van der Waals surface area contributed by atoms with Crippen molar-refractivity contribution in [2.24, 2.45) is 23.2 Å². The molecule has 0 unspecified atom stereocenters. The van der Waals surface area contributed by atoms with E-state index in [0.29, 0.717) is 6.42 Å². The summed E-state index contributed by atoms with van der Waals surface area (Å²) >= 11 is 0. The van der Waals surface area contributed by atoms with Gasteiger partial charge < -0.3 is 10.1 Å². The number of hydrogen-bond donors (Lipinski definition) is 1. The first-order valence-electron chi connectivity index (χ1n) is 9.11. The van der Waals surface area contributed by atoms with Crippen molar-refractivity contribution in [3.63, 3.8) is 0 Å². The lowest BCUT2D eigenvalue weighted by atomic mass is 9.49. The average molecular weight is 327 g/mol. The number of ether oxygens (including phenoxy) is 1. The molecule has 128 valence electrons. The number of benzene rings is 1. The third-order valence-electron chi connectivity index (χ3n) is 6.11. The number of anilines is 1. The molecule has 1 amide bonds. The molecule has 4 nitrogen and oxygen atoms in total. The largest absolute Gasteiger partial charge is 0.456 e. The normalized spacial score (nSPS) is 33.2. The van der Waals surface area contributed by atoms with Crippen molar-refractivity contribution in [3.05, 3.63) is 30.3 Å². The van der Waals surface area contributed by atoms with Crippen molar-refractivity contribution in [3.8, 4) is 0 Å².